The van der Waals surface area contributed by atoms with Crippen LogP contribution in [-0.4, -0.2) is 50.2 Å². The van der Waals surface area contributed by atoms with Gasteiger partial charge in [-0.2, -0.15) is 5.06 Å². The lowest BCUT2D eigenvalue weighted by Crippen LogP contribution is -2.25. The molecule has 0 aromatic heterocycles. The van der Waals surface area contributed by atoms with Gasteiger partial charge in [-0.05, 0) is 6.92 Å². The van der Waals surface area contributed by atoms with Crippen molar-refractivity contribution in [3.8, 4) is 0 Å². The van der Waals surface area contributed by atoms with Crippen molar-refractivity contribution in [1.82, 2.24) is 5.06 Å². The van der Waals surface area contributed by atoms with Gasteiger partial charge in [0, 0.05) is 20.2 Å². The van der Waals surface area contributed by atoms with Gasteiger partial charge in [-0.3, -0.25) is 4.84 Å². The van der Waals surface area contributed by atoms with Gasteiger partial charge < -0.3 is 9.84 Å². The smallest absolute Gasteiger partial charge is 0.0916 e. The third-order valence-corrected chi connectivity index (χ3v) is 1.16. The molecule has 0 aromatic carbocycles. The number of aliphatic hydroxyl groups excluding tert-OH is 1. The van der Waals surface area contributed by atoms with Crippen molar-refractivity contribution in [2.24, 2.45) is 0 Å². The number of ether oxygens (including phenoxy) is 1. The molecule has 1 N–H and O–H groups in total. The molecule has 0 atom stereocenters. The molecule has 11 heavy (non-hydrogen) atoms. The van der Waals surface area contributed by atoms with Crippen LogP contribution in [0.4, 0.5) is 0 Å². The van der Waals surface area contributed by atoms with Crippen LogP contribution in [0.2, 0.25) is 0 Å². The first-order chi connectivity index (χ1) is 5.31. The van der Waals surface area contributed by atoms with E-state index in [4.69, 9.17) is 14.7 Å². The summed E-state index contributed by atoms with van der Waals surface area (Å²) in [6.45, 7) is 4.48. The first-order valence-corrected chi connectivity index (χ1v) is 3.84. The third-order valence-electron chi connectivity index (χ3n) is 1.16. The Morgan fingerprint density at radius 3 is 2.64 bits per heavy atom. The summed E-state index contributed by atoms with van der Waals surface area (Å²) in [5.41, 5.74) is 0. The molecule has 0 aliphatic heterocycles. The highest BCUT2D eigenvalue weighted by molar-refractivity contribution is 4.35. The Morgan fingerprint density at radius 2 is 2.09 bits per heavy atom. The molecule has 0 aliphatic rings. The van der Waals surface area contributed by atoms with Crippen LogP contribution in [0.1, 0.15) is 6.92 Å². The summed E-state index contributed by atoms with van der Waals surface area (Å²) in [4.78, 5) is 5.04. The molecule has 0 amide bonds. The second-order valence-electron chi connectivity index (χ2n) is 2.11. The molecule has 0 unspecified atom stereocenters. The largest absolute Gasteiger partial charge is 0.394 e. The zero-order valence-electron chi connectivity index (χ0n) is 7.25. The van der Waals surface area contributed by atoms with Gasteiger partial charge in [-0.15, -0.1) is 0 Å². The maximum absolute atomic E-state index is 8.40. The highest BCUT2D eigenvalue weighted by Gasteiger charge is 1.95. The molecule has 0 saturated heterocycles. The van der Waals surface area contributed by atoms with E-state index in [0.29, 0.717) is 13.2 Å². The first-order valence-electron chi connectivity index (χ1n) is 3.84. The van der Waals surface area contributed by atoms with Crippen LogP contribution in [0, 0.1) is 0 Å². The summed E-state index contributed by atoms with van der Waals surface area (Å²) >= 11 is 0. The second kappa shape index (κ2) is 7.94. The van der Waals surface area contributed by atoms with Crippen LogP contribution in [0.5, 0.6) is 0 Å². The predicted octanol–water partition coefficient (Wildman–Crippen LogP) is -0.121. The topological polar surface area (TPSA) is 41.9 Å². The number of hydrogen-bond donors (Lipinski definition) is 1. The Labute approximate surface area is 67.7 Å². The van der Waals surface area contributed by atoms with Crippen LogP contribution in [0.3, 0.4) is 0 Å². The van der Waals surface area contributed by atoms with E-state index in [9.17, 15) is 0 Å². The van der Waals surface area contributed by atoms with Crippen molar-refractivity contribution >= 4 is 0 Å². The Hall–Kier alpha value is -0.160. The molecule has 4 nitrogen and oxygen atoms in total. The van der Waals surface area contributed by atoms with E-state index in [1.54, 1.807) is 5.06 Å². The van der Waals surface area contributed by atoms with Crippen molar-refractivity contribution in [2.45, 2.75) is 6.92 Å². The van der Waals surface area contributed by atoms with Gasteiger partial charge in [0.05, 0.1) is 19.8 Å². The summed E-state index contributed by atoms with van der Waals surface area (Å²) in [6, 6.07) is 0. The number of hydroxylamine groups is 2. The van der Waals surface area contributed by atoms with E-state index in [1.807, 2.05) is 14.0 Å². The third kappa shape index (κ3) is 7.74. The Bertz CT molecular complexity index is 80.1. The minimum atomic E-state index is 0.0545. The normalized spacial score (nSPS) is 10.9. The Morgan fingerprint density at radius 1 is 1.36 bits per heavy atom. The van der Waals surface area contributed by atoms with Crippen LogP contribution in [-0.2, 0) is 9.57 Å². The fourth-order valence-electron chi connectivity index (χ4n) is 0.599. The van der Waals surface area contributed by atoms with E-state index >= 15 is 0 Å². The SMILES string of the molecule is CCOCCN(C)OCCO. The molecule has 0 saturated carbocycles. The van der Waals surface area contributed by atoms with Crippen LogP contribution >= 0.6 is 0 Å². The number of nitrogens with zero attached hydrogens (tertiary/aromatic N) is 1. The van der Waals surface area contributed by atoms with Crippen molar-refractivity contribution < 1.29 is 14.7 Å². The molecular formula is C7H17NO3. The number of hydrogen-bond acceptors (Lipinski definition) is 4. The molecule has 0 rings (SSSR count). The quantitative estimate of drug-likeness (QED) is 0.419. The molecule has 0 radical (unpaired) electrons. The van der Waals surface area contributed by atoms with Crippen LogP contribution in [0.25, 0.3) is 0 Å². The van der Waals surface area contributed by atoms with E-state index in [1.165, 1.54) is 0 Å². The van der Waals surface area contributed by atoms with Crippen molar-refractivity contribution in [3.05, 3.63) is 0 Å². The summed E-state index contributed by atoms with van der Waals surface area (Å²) in [7, 11) is 1.81. The van der Waals surface area contributed by atoms with Gasteiger partial charge in [0.1, 0.15) is 0 Å². The van der Waals surface area contributed by atoms with Crippen molar-refractivity contribution in [2.75, 3.05) is 40.0 Å². The highest BCUT2D eigenvalue weighted by Crippen LogP contribution is 1.84. The summed E-state index contributed by atoms with van der Waals surface area (Å²) in [6.07, 6.45) is 0. The monoisotopic (exact) mass is 163 g/mol. The van der Waals surface area contributed by atoms with Gasteiger partial charge in [0.25, 0.3) is 0 Å². The lowest BCUT2D eigenvalue weighted by Gasteiger charge is -2.15. The molecule has 4 heteroatoms. The van der Waals surface area contributed by atoms with Crippen LogP contribution < -0.4 is 0 Å². The summed E-state index contributed by atoms with van der Waals surface area (Å²) < 4.78 is 5.10. The standard InChI is InChI=1S/C7H17NO3/c1-3-10-6-4-8(2)11-7-5-9/h9H,3-7H2,1-2H3. The van der Waals surface area contributed by atoms with Crippen LogP contribution in [0.15, 0.2) is 0 Å². The minimum absolute atomic E-state index is 0.0545. The van der Waals surface area contributed by atoms with Gasteiger partial charge >= 0.3 is 0 Å². The zero-order chi connectivity index (χ0) is 8.53. The zero-order valence-corrected chi connectivity index (χ0v) is 7.25. The molecule has 68 valence electrons. The Kier molecular flexibility index (Phi) is 7.83. The lowest BCUT2D eigenvalue weighted by atomic mass is 10.7. The highest BCUT2D eigenvalue weighted by atomic mass is 16.7. The van der Waals surface area contributed by atoms with E-state index in [-0.39, 0.29) is 6.61 Å². The van der Waals surface area contributed by atoms with Crippen molar-refractivity contribution in [3.63, 3.8) is 0 Å². The predicted molar refractivity (Wildman–Crippen MR) is 42.2 cm³/mol. The molecule has 0 fully saturated rings. The van der Waals surface area contributed by atoms with Gasteiger partial charge in [-0.1, -0.05) is 0 Å². The summed E-state index contributed by atoms with van der Waals surface area (Å²) in [5, 5.41) is 10.1. The molecule has 0 aromatic rings. The minimum Gasteiger partial charge on any atom is -0.394 e. The number of rotatable bonds is 7. The summed E-state index contributed by atoms with van der Waals surface area (Å²) in [5.74, 6) is 0. The van der Waals surface area contributed by atoms with Gasteiger partial charge in [0.2, 0.25) is 0 Å². The number of aliphatic hydroxyl groups is 1. The van der Waals surface area contributed by atoms with Gasteiger partial charge in [-0.25, -0.2) is 0 Å². The first kappa shape index (κ1) is 10.8. The van der Waals surface area contributed by atoms with Gasteiger partial charge in [0.15, 0.2) is 0 Å². The molecule has 0 bridgehead atoms. The maximum atomic E-state index is 8.40. The fourth-order valence-corrected chi connectivity index (χ4v) is 0.599. The lowest BCUT2D eigenvalue weighted by molar-refractivity contribution is -0.154. The van der Waals surface area contributed by atoms with E-state index in [0.717, 1.165) is 13.2 Å². The number of likely N-dealkylation sites (N-methyl/N-ethyl adjacent to an activating group) is 1. The molecular weight excluding hydrogens is 146 g/mol. The average Bonchev–Trinajstić information content (AvgIpc) is 2.01. The molecule has 0 heterocycles. The van der Waals surface area contributed by atoms with Crippen molar-refractivity contribution in [1.29, 1.82) is 0 Å². The fraction of sp³-hybridized carbons (Fsp3) is 1.00. The Balaban J connectivity index is 3.02. The second-order valence-corrected chi connectivity index (χ2v) is 2.11. The maximum Gasteiger partial charge on any atom is 0.0916 e. The average molecular weight is 163 g/mol. The molecule has 0 spiro atoms. The van der Waals surface area contributed by atoms with E-state index in [2.05, 4.69) is 0 Å². The van der Waals surface area contributed by atoms with E-state index < -0.39 is 0 Å². The molecule has 0 aliphatic carbocycles.